The molecule has 3 aromatic rings. The Morgan fingerprint density at radius 2 is 1.95 bits per heavy atom. The van der Waals surface area contributed by atoms with Crippen molar-refractivity contribution in [2.75, 3.05) is 5.32 Å². The maximum Gasteiger partial charge on any atom is 0.409 e. The summed E-state index contributed by atoms with van der Waals surface area (Å²) in [6.07, 6.45) is -1.15. The van der Waals surface area contributed by atoms with Crippen LogP contribution in [0, 0.1) is 6.92 Å². The van der Waals surface area contributed by atoms with Crippen molar-refractivity contribution in [3.05, 3.63) is 46.6 Å². The van der Waals surface area contributed by atoms with Gasteiger partial charge < -0.3 is 9.63 Å². The number of benzene rings is 2. The largest absolute Gasteiger partial charge is 0.465 e. The first-order valence-electron chi connectivity index (χ1n) is 6.20. The SMILES string of the molecule is Cc1noc(-c2ccc3cc(Br)ccc3c2)c1NC(=O)O. The van der Waals surface area contributed by atoms with E-state index in [2.05, 4.69) is 26.4 Å². The molecule has 1 aromatic heterocycles. The Bertz CT molecular complexity index is 842. The lowest BCUT2D eigenvalue weighted by atomic mass is 10.0. The number of nitrogens with zero attached hydrogens (tertiary/aromatic N) is 1. The molecule has 2 aromatic carbocycles. The third-order valence-corrected chi connectivity index (χ3v) is 3.65. The van der Waals surface area contributed by atoms with Crippen LogP contribution in [0.1, 0.15) is 5.69 Å². The van der Waals surface area contributed by atoms with Crippen LogP contribution < -0.4 is 5.32 Å². The molecule has 0 bridgehead atoms. The van der Waals surface area contributed by atoms with E-state index >= 15 is 0 Å². The van der Waals surface area contributed by atoms with Crippen LogP contribution in [-0.2, 0) is 0 Å². The molecule has 0 aliphatic rings. The maximum atomic E-state index is 10.9. The van der Waals surface area contributed by atoms with Gasteiger partial charge in [0.2, 0.25) is 0 Å². The van der Waals surface area contributed by atoms with Gasteiger partial charge in [-0.25, -0.2) is 4.79 Å². The van der Waals surface area contributed by atoms with Crippen molar-refractivity contribution in [1.29, 1.82) is 0 Å². The third kappa shape index (κ3) is 2.62. The molecule has 1 amide bonds. The van der Waals surface area contributed by atoms with E-state index in [4.69, 9.17) is 9.63 Å². The van der Waals surface area contributed by atoms with Gasteiger partial charge in [0.15, 0.2) is 5.76 Å². The molecule has 21 heavy (non-hydrogen) atoms. The summed E-state index contributed by atoms with van der Waals surface area (Å²) in [4.78, 5) is 10.9. The van der Waals surface area contributed by atoms with Gasteiger partial charge in [-0.3, -0.25) is 5.32 Å². The Kier molecular flexibility index (Phi) is 3.39. The van der Waals surface area contributed by atoms with Crippen molar-refractivity contribution >= 4 is 38.5 Å². The van der Waals surface area contributed by atoms with E-state index in [-0.39, 0.29) is 0 Å². The summed E-state index contributed by atoms with van der Waals surface area (Å²) in [5, 5.41) is 17.2. The van der Waals surface area contributed by atoms with Crippen molar-refractivity contribution in [3.63, 3.8) is 0 Å². The molecular weight excluding hydrogens is 336 g/mol. The van der Waals surface area contributed by atoms with E-state index < -0.39 is 6.09 Å². The predicted octanol–water partition coefficient (Wildman–Crippen LogP) is 4.66. The molecule has 106 valence electrons. The zero-order valence-electron chi connectivity index (χ0n) is 11.1. The van der Waals surface area contributed by atoms with Gasteiger partial charge in [0.1, 0.15) is 11.4 Å². The normalized spacial score (nSPS) is 10.8. The first-order chi connectivity index (χ1) is 10.0. The fourth-order valence-corrected chi connectivity index (χ4v) is 2.56. The molecule has 1 heterocycles. The van der Waals surface area contributed by atoms with Crippen LogP contribution in [0.25, 0.3) is 22.1 Å². The summed E-state index contributed by atoms with van der Waals surface area (Å²) < 4.78 is 6.28. The van der Waals surface area contributed by atoms with Crippen LogP contribution >= 0.6 is 15.9 Å². The molecule has 6 heteroatoms. The average molecular weight is 347 g/mol. The molecule has 0 fully saturated rings. The molecule has 0 atom stereocenters. The molecule has 0 radical (unpaired) electrons. The monoisotopic (exact) mass is 346 g/mol. The summed E-state index contributed by atoms with van der Waals surface area (Å²) in [6, 6.07) is 11.7. The van der Waals surface area contributed by atoms with Crippen molar-refractivity contribution in [2.45, 2.75) is 6.92 Å². The Morgan fingerprint density at radius 3 is 2.71 bits per heavy atom. The number of aromatic nitrogens is 1. The number of rotatable bonds is 2. The lowest BCUT2D eigenvalue weighted by molar-refractivity contribution is 0.209. The van der Waals surface area contributed by atoms with Gasteiger partial charge in [-0.2, -0.15) is 0 Å². The molecule has 0 unspecified atom stereocenters. The van der Waals surface area contributed by atoms with Crippen molar-refractivity contribution in [1.82, 2.24) is 5.16 Å². The fourth-order valence-electron chi connectivity index (χ4n) is 2.18. The predicted molar refractivity (Wildman–Crippen MR) is 83.5 cm³/mol. The lowest BCUT2D eigenvalue weighted by Gasteiger charge is -2.04. The molecular formula is C15H11BrN2O3. The van der Waals surface area contributed by atoms with Gasteiger partial charge in [-0.1, -0.05) is 39.3 Å². The van der Waals surface area contributed by atoms with E-state index in [0.29, 0.717) is 17.1 Å². The number of carboxylic acid groups (broad SMARTS) is 1. The highest BCUT2D eigenvalue weighted by Crippen LogP contribution is 2.33. The Morgan fingerprint density at radius 1 is 1.24 bits per heavy atom. The summed E-state index contributed by atoms with van der Waals surface area (Å²) in [5.74, 6) is 0.416. The van der Waals surface area contributed by atoms with E-state index in [1.165, 1.54) is 0 Å². The van der Waals surface area contributed by atoms with E-state index in [0.717, 1.165) is 20.8 Å². The minimum absolute atomic E-state index is 0.374. The number of aryl methyl sites for hydroxylation is 1. The van der Waals surface area contributed by atoms with Crippen LogP contribution in [0.5, 0.6) is 0 Å². The highest BCUT2D eigenvalue weighted by atomic mass is 79.9. The van der Waals surface area contributed by atoms with E-state index in [9.17, 15) is 4.79 Å². The number of fused-ring (bicyclic) bond motifs is 1. The summed E-state index contributed by atoms with van der Waals surface area (Å²) in [6.45, 7) is 1.69. The smallest absolute Gasteiger partial charge is 0.409 e. The minimum atomic E-state index is -1.15. The van der Waals surface area contributed by atoms with Gasteiger partial charge in [0, 0.05) is 10.0 Å². The Labute approximate surface area is 128 Å². The highest BCUT2D eigenvalue weighted by molar-refractivity contribution is 9.10. The fraction of sp³-hybridized carbons (Fsp3) is 0.0667. The zero-order valence-corrected chi connectivity index (χ0v) is 12.6. The van der Waals surface area contributed by atoms with Gasteiger partial charge in [-0.15, -0.1) is 0 Å². The second-order valence-electron chi connectivity index (χ2n) is 4.61. The number of anilines is 1. The summed E-state index contributed by atoms with van der Waals surface area (Å²) in [5.41, 5.74) is 1.65. The maximum absolute atomic E-state index is 10.9. The summed E-state index contributed by atoms with van der Waals surface area (Å²) in [7, 11) is 0. The van der Waals surface area contributed by atoms with Crippen LogP contribution in [0.2, 0.25) is 0 Å². The van der Waals surface area contributed by atoms with Gasteiger partial charge in [0.25, 0.3) is 0 Å². The standard InChI is InChI=1S/C15H11BrN2O3/c1-8-13(17-15(19)20)14(21-18-8)11-3-2-10-7-12(16)5-4-9(10)6-11/h2-7,17H,1H3,(H,19,20). The average Bonchev–Trinajstić information content (AvgIpc) is 2.79. The number of carbonyl (C=O) groups is 1. The lowest BCUT2D eigenvalue weighted by Crippen LogP contribution is -2.08. The highest BCUT2D eigenvalue weighted by Gasteiger charge is 2.17. The van der Waals surface area contributed by atoms with Crippen LogP contribution in [0.3, 0.4) is 0 Å². The number of halogens is 1. The van der Waals surface area contributed by atoms with Crippen LogP contribution in [0.4, 0.5) is 10.5 Å². The Balaban J connectivity index is 2.12. The van der Waals surface area contributed by atoms with Crippen molar-refractivity contribution in [2.24, 2.45) is 0 Å². The van der Waals surface area contributed by atoms with Gasteiger partial charge >= 0.3 is 6.09 Å². The topological polar surface area (TPSA) is 75.4 Å². The number of nitrogens with one attached hydrogen (secondary N) is 1. The molecule has 3 rings (SSSR count). The van der Waals surface area contributed by atoms with E-state index in [1.54, 1.807) is 6.92 Å². The third-order valence-electron chi connectivity index (χ3n) is 3.16. The quantitative estimate of drug-likeness (QED) is 0.707. The van der Waals surface area contributed by atoms with Gasteiger partial charge in [-0.05, 0) is 35.9 Å². The molecule has 0 spiro atoms. The molecule has 0 saturated carbocycles. The van der Waals surface area contributed by atoms with E-state index in [1.807, 2.05) is 36.4 Å². The molecule has 5 nitrogen and oxygen atoms in total. The first kappa shape index (κ1) is 13.6. The minimum Gasteiger partial charge on any atom is -0.465 e. The number of hydrogen-bond acceptors (Lipinski definition) is 3. The van der Waals surface area contributed by atoms with Crippen molar-refractivity contribution in [3.8, 4) is 11.3 Å². The number of amides is 1. The van der Waals surface area contributed by atoms with Crippen molar-refractivity contribution < 1.29 is 14.4 Å². The zero-order chi connectivity index (χ0) is 15.0. The molecule has 2 N–H and O–H groups in total. The van der Waals surface area contributed by atoms with Crippen LogP contribution in [0.15, 0.2) is 45.4 Å². The molecule has 0 saturated heterocycles. The Hall–Kier alpha value is -2.34. The second-order valence-corrected chi connectivity index (χ2v) is 5.52. The molecule has 0 aliphatic heterocycles. The summed E-state index contributed by atoms with van der Waals surface area (Å²) >= 11 is 3.43. The molecule has 0 aliphatic carbocycles. The van der Waals surface area contributed by atoms with Gasteiger partial charge in [0.05, 0.1) is 0 Å². The first-order valence-corrected chi connectivity index (χ1v) is 7.00. The number of hydrogen-bond donors (Lipinski definition) is 2. The second kappa shape index (κ2) is 5.21. The van der Waals surface area contributed by atoms with Crippen LogP contribution in [-0.4, -0.2) is 16.4 Å².